The van der Waals surface area contributed by atoms with Crippen LogP contribution in [0.25, 0.3) is 0 Å². The Morgan fingerprint density at radius 3 is 2.24 bits per heavy atom. The standard InChI is InChI=1S/C23H27F3O2S/c1-5-12-27-22-11-10-21(13-17(22)4)29-15-18(16(2)3)14-28-20-8-6-19(7-9-20)23(24,25)26/h6-11,13H,5,12,14-15H2,1-4H3. The summed E-state index contributed by atoms with van der Waals surface area (Å²) in [5.41, 5.74) is 2.68. The fourth-order valence-corrected chi connectivity index (χ4v) is 3.63. The monoisotopic (exact) mass is 424 g/mol. The molecule has 2 rings (SSSR count). The summed E-state index contributed by atoms with van der Waals surface area (Å²) < 4.78 is 49.4. The molecule has 2 aromatic carbocycles. The van der Waals surface area contributed by atoms with Crippen molar-refractivity contribution in [1.29, 1.82) is 0 Å². The van der Waals surface area contributed by atoms with Crippen LogP contribution in [0.2, 0.25) is 0 Å². The lowest BCUT2D eigenvalue weighted by molar-refractivity contribution is -0.137. The van der Waals surface area contributed by atoms with Crippen molar-refractivity contribution in [3.8, 4) is 11.5 Å². The van der Waals surface area contributed by atoms with Crippen molar-refractivity contribution in [2.45, 2.75) is 45.2 Å². The molecule has 0 radical (unpaired) electrons. The summed E-state index contributed by atoms with van der Waals surface area (Å²) in [6.45, 7) is 9.18. The minimum Gasteiger partial charge on any atom is -0.493 e. The van der Waals surface area contributed by atoms with Crippen LogP contribution in [0.3, 0.4) is 0 Å². The molecule has 0 aliphatic carbocycles. The fraction of sp³-hybridized carbons (Fsp3) is 0.391. The first-order chi connectivity index (χ1) is 13.7. The van der Waals surface area contributed by atoms with E-state index < -0.39 is 11.7 Å². The maximum atomic E-state index is 12.7. The number of halogens is 3. The normalized spacial score (nSPS) is 11.3. The summed E-state index contributed by atoms with van der Waals surface area (Å²) >= 11 is 1.70. The Kier molecular flexibility index (Phi) is 8.50. The van der Waals surface area contributed by atoms with Gasteiger partial charge in [0.25, 0.3) is 0 Å². The second-order valence-electron chi connectivity index (χ2n) is 6.98. The van der Waals surface area contributed by atoms with Crippen LogP contribution in [0.5, 0.6) is 11.5 Å². The van der Waals surface area contributed by atoms with E-state index >= 15 is 0 Å². The molecular weight excluding hydrogens is 397 g/mol. The molecule has 0 heterocycles. The number of benzene rings is 2. The van der Waals surface area contributed by atoms with Gasteiger partial charge in [0.1, 0.15) is 18.1 Å². The van der Waals surface area contributed by atoms with Crippen molar-refractivity contribution in [1.82, 2.24) is 0 Å². The van der Waals surface area contributed by atoms with Gasteiger partial charge in [-0.25, -0.2) is 0 Å². The van der Waals surface area contributed by atoms with E-state index in [1.807, 2.05) is 32.9 Å². The van der Waals surface area contributed by atoms with Crippen LogP contribution in [0.4, 0.5) is 13.2 Å². The highest BCUT2D eigenvalue weighted by atomic mass is 32.2. The fourth-order valence-electron chi connectivity index (χ4n) is 2.50. The van der Waals surface area contributed by atoms with Crippen LogP contribution in [-0.4, -0.2) is 19.0 Å². The van der Waals surface area contributed by atoms with Gasteiger partial charge in [0.05, 0.1) is 12.2 Å². The predicted octanol–water partition coefficient (Wildman–Crippen LogP) is 7.31. The molecule has 0 N–H and O–H groups in total. The third-order valence-electron chi connectivity index (χ3n) is 4.32. The van der Waals surface area contributed by atoms with Gasteiger partial charge in [-0.15, -0.1) is 11.8 Å². The molecule has 158 valence electrons. The lowest BCUT2D eigenvalue weighted by Gasteiger charge is -2.14. The van der Waals surface area contributed by atoms with Gasteiger partial charge >= 0.3 is 6.18 Å². The maximum absolute atomic E-state index is 12.7. The van der Waals surface area contributed by atoms with E-state index in [4.69, 9.17) is 9.47 Å². The Bertz CT molecular complexity index is 823. The van der Waals surface area contributed by atoms with Crippen molar-refractivity contribution >= 4 is 11.8 Å². The molecule has 0 saturated heterocycles. The molecule has 6 heteroatoms. The van der Waals surface area contributed by atoms with Crippen molar-refractivity contribution in [3.63, 3.8) is 0 Å². The van der Waals surface area contributed by atoms with Gasteiger partial charge in [0, 0.05) is 10.6 Å². The van der Waals surface area contributed by atoms with Crippen LogP contribution >= 0.6 is 11.8 Å². The Morgan fingerprint density at radius 2 is 1.69 bits per heavy atom. The molecule has 2 nitrogen and oxygen atoms in total. The van der Waals surface area contributed by atoms with Gasteiger partial charge in [0.2, 0.25) is 0 Å². The number of ether oxygens (including phenoxy) is 2. The molecule has 0 saturated carbocycles. The number of hydrogen-bond acceptors (Lipinski definition) is 3. The van der Waals surface area contributed by atoms with E-state index in [0.29, 0.717) is 19.0 Å². The zero-order chi connectivity index (χ0) is 21.4. The molecule has 2 aromatic rings. The van der Waals surface area contributed by atoms with E-state index in [-0.39, 0.29) is 0 Å². The molecule has 0 atom stereocenters. The molecule has 0 aliphatic heterocycles. The van der Waals surface area contributed by atoms with E-state index in [2.05, 4.69) is 13.0 Å². The van der Waals surface area contributed by atoms with Gasteiger partial charge in [-0.05, 0) is 80.8 Å². The smallest absolute Gasteiger partial charge is 0.416 e. The highest BCUT2D eigenvalue weighted by Crippen LogP contribution is 2.31. The van der Waals surface area contributed by atoms with Gasteiger partial charge in [-0.3, -0.25) is 0 Å². The average Bonchev–Trinajstić information content (AvgIpc) is 2.66. The zero-order valence-electron chi connectivity index (χ0n) is 17.2. The molecule has 0 aliphatic rings. The Balaban J connectivity index is 1.94. The molecule has 0 amide bonds. The first kappa shape index (κ1) is 23.2. The van der Waals surface area contributed by atoms with Crippen LogP contribution in [-0.2, 0) is 6.18 Å². The van der Waals surface area contributed by atoms with Gasteiger partial charge in [-0.2, -0.15) is 13.2 Å². The topological polar surface area (TPSA) is 18.5 Å². The third-order valence-corrected chi connectivity index (χ3v) is 5.40. The van der Waals surface area contributed by atoms with Crippen molar-refractivity contribution in [2.24, 2.45) is 0 Å². The van der Waals surface area contributed by atoms with Crippen LogP contribution in [0.15, 0.2) is 58.5 Å². The van der Waals surface area contributed by atoms with Gasteiger partial charge in [0.15, 0.2) is 0 Å². The number of hydrogen-bond donors (Lipinski definition) is 0. The molecule has 0 fully saturated rings. The molecule has 0 unspecified atom stereocenters. The van der Waals surface area contributed by atoms with Crippen LogP contribution in [0, 0.1) is 6.92 Å². The molecule has 0 bridgehead atoms. The quantitative estimate of drug-likeness (QED) is 0.311. The zero-order valence-corrected chi connectivity index (χ0v) is 18.0. The molecule has 0 spiro atoms. The third kappa shape index (κ3) is 7.35. The number of allylic oxidation sites excluding steroid dienone is 1. The second kappa shape index (κ2) is 10.6. The summed E-state index contributed by atoms with van der Waals surface area (Å²) in [4.78, 5) is 1.14. The van der Waals surface area contributed by atoms with Gasteiger partial charge < -0.3 is 9.47 Å². The van der Waals surface area contributed by atoms with E-state index in [1.165, 1.54) is 12.1 Å². The van der Waals surface area contributed by atoms with Crippen LogP contribution < -0.4 is 9.47 Å². The first-order valence-corrected chi connectivity index (χ1v) is 10.5. The minimum atomic E-state index is -4.34. The second-order valence-corrected chi connectivity index (χ2v) is 8.03. The van der Waals surface area contributed by atoms with E-state index in [0.717, 1.165) is 51.7 Å². The highest BCUT2D eigenvalue weighted by molar-refractivity contribution is 7.99. The van der Waals surface area contributed by atoms with Crippen LogP contribution in [0.1, 0.15) is 38.3 Å². The Morgan fingerprint density at radius 1 is 1.00 bits per heavy atom. The summed E-state index contributed by atoms with van der Waals surface area (Å²) in [6, 6.07) is 10.9. The van der Waals surface area contributed by atoms with E-state index in [1.54, 1.807) is 11.8 Å². The predicted molar refractivity (Wildman–Crippen MR) is 113 cm³/mol. The Hall–Kier alpha value is -2.08. The van der Waals surface area contributed by atoms with E-state index in [9.17, 15) is 13.2 Å². The van der Waals surface area contributed by atoms with Crippen molar-refractivity contribution < 1.29 is 22.6 Å². The largest absolute Gasteiger partial charge is 0.493 e. The number of thioether (sulfide) groups is 1. The summed E-state index contributed by atoms with van der Waals surface area (Å²) in [7, 11) is 0. The minimum absolute atomic E-state index is 0.345. The number of aryl methyl sites for hydroxylation is 1. The molecule has 29 heavy (non-hydrogen) atoms. The maximum Gasteiger partial charge on any atom is 0.416 e. The summed E-state index contributed by atoms with van der Waals surface area (Å²) in [5, 5.41) is 0. The lowest BCUT2D eigenvalue weighted by Crippen LogP contribution is -2.07. The van der Waals surface area contributed by atoms with Gasteiger partial charge in [-0.1, -0.05) is 12.5 Å². The lowest BCUT2D eigenvalue weighted by atomic mass is 10.2. The Labute approximate surface area is 175 Å². The molecule has 0 aromatic heterocycles. The molecular formula is C23H27F3O2S. The summed E-state index contributed by atoms with van der Waals surface area (Å²) in [6.07, 6.45) is -3.37. The number of rotatable bonds is 9. The number of alkyl halides is 3. The van der Waals surface area contributed by atoms with Crippen molar-refractivity contribution in [2.75, 3.05) is 19.0 Å². The first-order valence-electron chi connectivity index (χ1n) is 9.52. The van der Waals surface area contributed by atoms with Crippen molar-refractivity contribution in [3.05, 3.63) is 64.7 Å². The summed E-state index contributed by atoms with van der Waals surface area (Å²) in [5.74, 6) is 2.08. The average molecular weight is 425 g/mol. The SMILES string of the molecule is CCCOc1ccc(SCC(COc2ccc(C(F)(F)F)cc2)=C(C)C)cc1C. The highest BCUT2D eigenvalue weighted by Gasteiger charge is 2.30.